The van der Waals surface area contributed by atoms with Crippen molar-refractivity contribution in [2.45, 2.75) is 13.0 Å². The molecule has 0 fully saturated rings. The fourth-order valence-electron chi connectivity index (χ4n) is 2.08. The zero-order valence-corrected chi connectivity index (χ0v) is 11.9. The van der Waals surface area contributed by atoms with Gasteiger partial charge in [-0.3, -0.25) is 9.48 Å². The highest BCUT2D eigenvalue weighted by Gasteiger charge is 2.04. The molecule has 0 radical (unpaired) electrons. The number of aryl methyl sites for hydroxylation is 1. The number of aromatic nitrogens is 4. The minimum Gasteiger partial charge on any atom is -0.310 e. The molecule has 6 nitrogen and oxygen atoms in total. The normalized spacial score (nSPS) is 11.2. The van der Waals surface area contributed by atoms with Crippen LogP contribution < -0.4 is 10.9 Å². The molecule has 0 saturated heterocycles. The molecule has 0 aliphatic rings. The van der Waals surface area contributed by atoms with Crippen molar-refractivity contribution >= 4 is 21.6 Å². The van der Waals surface area contributed by atoms with Gasteiger partial charge in [0.15, 0.2) is 0 Å². The molecule has 0 aromatic carbocycles. The average molecular weight is 289 g/mol. The van der Waals surface area contributed by atoms with Crippen LogP contribution in [0.5, 0.6) is 0 Å². The first-order valence-electron chi connectivity index (χ1n) is 6.38. The lowest BCUT2D eigenvalue weighted by molar-refractivity contribution is 0.628. The summed E-state index contributed by atoms with van der Waals surface area (Å²) in [6.45, 7) is 1.36. The molecule has 0 unspecified atom stereocenters. The molecular formula is C13H15N5OS. The van der Waals surface area contributed by atoms with Gasteiger partial charge in [-0.25, -0.2) is 4.98 Å². The van der Waals surface area contributed by atoms with Crippen molar-refractivity contribution in [3.8, 4) is 0 Å². The predicted octanol–water partition coefficient (Wildman–Crippen LogP) is 1.05. The minimum atomic E-state index is -0.0616. The second-order valence-electron chi connectivity index (χ2n) is 4.52. The second-order valence-corrected chi connectivity index (χ2v) is 5.44. The second kappa shape index (κ2) is 5.56. The molecular weight excluding hydrogens is 274 g/mol. The van der Waals surface area contributed by atoms with Gasteiger partial charge in [-0.05, 0) is 17.5 Å². The summed E-state index contributed by atoms with van der Waals surface area (Å²) in [7, 11) is 1.93. The number of hydrogen-bond donors (Lipinski definition) is 2. The summed E-state index contributed by atoms with van der Waals surface area (Å²) in [6, 6.07) is 3.87. The van der Waals surface area contributed by atoms with Crippen LogP contribution in [-0.4, -0.2) is 26.3 Å². The topological polar surface area (TPSA) is 75.6 Å². The van der Waals surface area contributed by atoms with Crippen molar-refractivity contribution in [2.24, 2.45) is 7.05 Å². The van der Waals surface area contributed by atoms with Crippen molar-refractivity contribution < 1.29 is 0 Å². The van der Waals surface area contributed by atoms with E-state index in [-0.39, 0.29) is 5.56 Å². The fourth-order valence-corrected chi connectivity index (χ4v) is 2.80. The highest BCUT2D eigenvalue weighted by Crippen LogP contribution is 2.13. The molecule has 2 N–H and O–H groups in total. The van der Waals surface area contributed by atoms with Gasteiger partial charge >= 0.3 is 0 Å². The number of thiophene rings is 1. The largest absolute Gasteiger partial charge is 0.310 e. The Balaban J connectivity index is 1.60. The molecule has 0 saturated carbocycles. The first kappa shape index (κ1) is 13.0. The van der Waals surface area contributed by atoms with Crippen molar-refractivity contribution in [3.05, 3.63) is 45.6 Å². The van der Waals surface area contributed by atoms with E-state index in [0.717, 1.165) is 18.5 Å². The summed E-state index contributed by atoms with van der Waals surface area (Å²) < 4.78 is 2.54. The predicted molar refractivity (Wildman–Crippen MR) is 78.9 cm³/mol. The Labute approximate surface area is 119 Å². The molecule has 20 heavy (non-hydrogen) atoms. The van der Waals surface area contributed by atoms with Gasteiger partial charge in [0.05, 0.1) is 12.1 Å². The Kier molecular flexibility index (Phi) is 3.62. The summed E-state index contributed by atoms with van der Waals surface area (Å²) in [6.07, 6.45) is 2.68. The van der Waals surface area contributed by atoms with Gasteiger partial charge in [0, 0.05) is 31.9 Å². The van der Waals surface area contributed by atoms with Crippen molar-refractivity contribution in [1.82, 2.24) is 25.1 Å². The lowest BCUT2D eigenvalue weighted by Crippen LogP contribution is -2.21. The van der Waals surface area contributed by atoms with Crippen LogP contribution in [0.25, 0.3) is 10.2 Å². The van der Waals surface area contributed by atoms with Crippen LogP contribution in [0.4, 0.5) is 0 Å². The van der Waals surface area contributed by atoms with E-state index in [1.165, 1.54) is 17.0 Å². The SMILES string of the molecule is Cn1nccc1CCNCc1nc2ccsc2c(=O)[nH]1. The van der Waals surface area contributed by atoms with Gasteiger partial charge in [-0.15, -0.1) is 11.3 Å². The molecule has 3 heterocycles. The molecule has 7 heteroatoms. The van der Waals surface area contributed by atoms with Gasteiger partial charge in [0.1, 0.15) is 10.5 Å². The summed E-state index contributed by atoms with van der Waals surface area (Å²) in [5, 5.41) is 9.29. The summed E-state index contributed by atoms with van der Waals surface area (Å²) in [5.74, 6) is 0.672. The molecule has 0 atom stereocenters. The Hall–Kier alpha value is -1.99. The molecule has 3 aromatic heterocycles. The third-order valence-electron chi connectivity index (χ3n) is 3.14. The number of nitrogens with one attached hydrogen (secondary N) is 2. The Bertz CT molecular complexity index is 772. The van der Waals surface area contributed by atoms with E-state index in [9.17, 15) is 4.79 Å². The smallest absolute Gasteiger partial charge is 0.268 e. The molecule has 104 valence electrons. The van der Waals surface area contributed by atoms with Crippen LogP contribution in [0.2, 0.25) is 0 Å². The van der Waals surface area contributed by atoms with Gasteiger partial charge in [0.2, 0.25) is 0 Å². The first-order valence-corrected chi connectivity index (χ1v) is 7.26. The lowest BCUT2D eigenvalue weighted by Gasteiger charge is -2.05. The van der Waals surface area contributed by atoms with Gasteiger partial charge < -0.3 is 10.3 Å². The minimum absolute atomic E-state index is 0.0616. The van der Waals surface area contributed by atoms with E-state index in [2.05, 4.69) is 20.4 Å². The molecule has 0 aliphatic carbocycles. The van der Waals surface area contributed by atoms with E-state index in [1.807, 2.05) is 29.2 Å². The lowest BCUT2D eigenvalue weighted by atomic mass is 10.3. The Morgan fingerprint density at radius 2 is 2.35 bits per heavy atom. The van der Waals surface area contributed by atoms with Crippen LogP contribution in [0.1, 0.15) is 11.5 Å². The highest BCUT2D eigenvalue weighted by molar-refractivity contribution is 7.17. The van der Waals surface area contributed by atoms with Crippen LogP contribution in [0.15, 0.2) is 28.5 Å². The molecule has 0 bridgehead atoms. The summed E-state index contributed by atoms with van der Waals surface area (Å²) in [4.78, 5) is 19.0. The van der Waals surface area contributed by atoms with Crippen LogP contribution in [-0.2, 0) is 20.0 Å². The monoisotopic (exact) mass is 289 g/mol. The molecule has 0 spiro atoms. The van der Waals surface area contributed by atoms with Gasteiger partial charge in [-0.1, -0.05) is 0 Å². The van der Waals surface area contributed by atoms with E-state index in [4.69, 9.17) is 0 Å². The average Bonchev–Trinajstić information content (AvgIpc) is 3.04. The van der Waals surface area contributed by atoms with Crippen LogP contribution in [0.3, 0.4) is 0 Å². The number of hydrogen-bond acceptors (Lipinski definition) is 5. The van der Waals surface area contributed by atoms with Crippen LogP contribution >= 0.6 is 11.3 Å². The van der Waals surface area contributed by atoms with E-state index in [1.54, 1.807) is 6.20 Å². The zero-order valence-electron chi connectivity index (χ0n) is 11.1. The third kappa shape index (κ3) is 2.63. The summed E-state index contributed by atoms with van der Waals surface area (Å²) >= 11 is 1.41. The number of nitrogens with zero attached hydrogens (tertiary/aromatic N) is 3. The number of rotatable bonds is 5. The third-order valence-corrected chi connectivity index (χ3v) is 4.04. The van der Waals surface area contributed by atoms with E-state index >= 15 is 0 Å². The quantitative estimate of drug-likeness (QED) is 0.688. The van der Waals surface area contributed by atoms with Gasteiger partial charge in [0.25, 0.3) is 5.56 Å². The number of aromatic amines is 1. The maximum Gasteiger partial charge on any atom is 0.268 e. The fraction of sp³-hybridized carbons (Fsp3) is 0.308. The first-order chi connectivity index (χ1) is 9.74. The van der Waals surface area contributed by atoms with Gasteiger partial charge in [-0.2, -0.15) is 5.10 Å². The number of fused-ring (bicyclic) bond motifs is 1. The molecule has 0 aliphatic heterocycles. The van der Waals surface area contributed by atoms with Crippen molar-refractivity contribution in [3.63, 3.8) is 0 Å². The van der Waals surface area contributed by atoms with E-state index in [0.29, 0.717) is 17.1 Å². The maximum absolute atomic E-state index is 11.8. The molecule has 0 amide bonds. The standard InChI is InChI=1S/C13H15N5OS/c1-18-9(3-6-15-18)2-5-14-8-11-16-10-4-7-20-12(10)13(19)17-11/h3-4,6-7,14H,2,5,8H2,1H3,(H,16,17,19). The maximum atomic E-state index is 11.8. The van der Waals surface area contributed by atoms with E-state index < -0.39 is 0 Å². The Morgan fingerprint density at radius 3 is 3.15 bits per heavy atom. The van der Waals surface area contributed by atoms with Crippen molar-refractivity contribution in [2.75, 3.05) is 6.54 Å². The highest BCUT2D eigenvalue weighted by atomic mass is 32.1. The zero-order chi connectivity index (χ0) is 13.9. The molecule has 3 rings (SSSR count). The van der Waals surface area contributed by atoms with Crippen molar-refractivity contribution in [1.29, 1.82) is 0 Å². The summed E-state index contributed by atoms with van der Waals surface area (Å²) in [5.41, 5.74) is 1.88. The Morgan fingerprint density at radius 1 is 1.45 bits per heavy atom. The molecule has 3 aromatic rings. The van der Waals surface area contributed by atoms with Crippen LogP contribution in [0, 0.1) is 0 Å². The number of H-pyrrole nitrogens is 1.